The van der Waals surface area contributed by atoms with Gasteiger partial charge in [0.2, 0.25) is 0 Å². The number of benzene rings is 1. The number of fused-ring (bicyclic) bond motifs is 1. The minimum absolute atomic E-state index is 0.0227. The number of imide groups is 1. The molecule has 3 heterocycles. The SMILES string of the molecule is O=C1C2CCCN2C(=O)N1CCCN1CCN(c2ccc([N+](=O)[O-])cc2)CC1. The molecule has 150 valence electrons. The van der Waals surface area contributed by atoms with Crippen molar-refractivity contribution in [1.82, 2.24) is 14.7 Å². The van der Waals surface area contributed by atoms with Crippen LogP contribution in [0, 0.1) is 10.1 Å². The van der Waals surface area contributed by atoms with Crippen LogP contribution in [-0.4, -0.2) is 83.4 Å². The Kier molecular flexibility index (Phi) is 5.17. The van der Waals surface area contributed by atoms with Gasteiger partial charge in [-0.25, -0.2) is 4.79 Å². The van der Waals surface area contributed by atoms with E-state index in [1.54, 1.807) is 17.0 Å². The van der Waals surface area contributed by atoms with Gasteiger partial charge in [0.25, 0.3) is 11.6 Å². The van der Waals surface area contributed by atoms with Crippen molar-refractivity contribution in [1.29, 1.82) is 0 Å². The molecule has 0 aliphatic carbocycles. The van der Waals surface area contributed by atoms with Gasteiger partial charge in [0, 0.05) is 57.1 Å². The Morgan fingerprint density at radius 3 is 2.36 bits per heavy atom. The molecular weight excluding hydrogens is 362 g/mol. The number of hydrogen-bond acceptors (Lipinski definition) is 6. The van der Waals surface area contributed by atoms with Crippen LogP contribution < -0.4 is 4.90 Å². The van der Waals surface area contributed by atoms with E-state index in [1.165, 1.54) is 17.0 Å². The lowest BCUT2D eigenvalue weighted by atomic mass is 10.2. The number of carbonyl (C=O) groups excluding carboxylic acids is 2. The number of nitro benzene ring substituents is 1. The molecule has 28 heavy (non-hydrogen) atoms. The Morgan fingerprint density at radius 2 is 1.71 bits per heavy atom. The molecule has 3 aliphatic rings. The quantitative estimate of drug-likeness (QED) is 0.418. The number of nitrogens with zero attached hydrogens (tertiary/aromatic N) is 5. The van der Waals surface area contributed by atoms with Crippen LogP contribution in [0.3, 0.4) is 0 Å². The van der Waals surface area contributed by atoms with Crippen molar-refractivity contribution in [2.24, 2.45) is 0 Å². The first kappa shape index (κ1) is 18.7. The summed E-state index contributed by atoms with van der Waals surface area (Å²) in [5.41, 5.74) is 1.10. The monoisotopic (exact) mass is 387 g/mol. The normalized spacial score (nSPS) is 22.9. The van der Waals surface area contributed by atoms with Crippen molar-refractivity contribution in [2.45, 2.75) is 25.3 Å². The van der Waals surface area contributed by atoms with Gasteiger partial charge in [-0.2, -0.15) is 0 Å². The van der Waals surface area contributed by atoms with Crippen molar-refractivity contribution in [3.8, 4) is 0 Å². The van der Waals surface area contributed by atoms with Crippen LogP contribution in [0.5, 0.6) is 0 Å². The first-order chi connectivity index (χ1) is 13.5. The molecule has 0 saturated carbocycles. The number of piperazine rings is 1. The van der Waals surface area contributed by atoms with E-state index < -0.39 is 0 Å². The lowest BCUT2D eigenvalue weighted by molar-refractivity contribution is -0.384. The maximum Gasteiger partial charge on any atom is 0.327 e. The van der Waals surface area contributed by atoms with E-state index in [2.05, 4.69) is 9.80 Å². The van der Waals surface area contributed by atoms with Gasteiger partial charge < -0.3 is 9.80 Å². The fraction of sp³-hybridized carbons (Fsp3) is 0.579. The second-order valence-electron chi connectivity index (χ2n) is 7.58. The number of hydrogen-bond donors (Lipinski definition) is 0. The van der Waals surface area contributed by atoms with Crippen LogP contribution in [0.4, 0.5) is 16.2 Å². The summed E-state index contributed by atoms with van der Waals surface area (Å²) in [6.45, 7) is 5.56. The van der Waals surface area contributed by atoms with Crippen LogP contribution in [-0.2, 0) is 4.79 Å². The van der Waals surface area contributed by atoms with E-state index in [-0.39, 0.29) is 28.6 Å². The third kappa shape index (κ3) is 3.54. The van der Waals surface area contributed by atoms with Crippen molar-refractivity contribution in [3.63, 3.8) is 0 Å². The highest BCUT2D eigenvalue weighted by atomic mass is 16.6. The standard InChI is InChI=1S/C19H25N5O4/c25-18-17-3-1-9-22(17)19(26)23(18)10-2-8-20-11-13-21(14-12-20)15-4-6-16(7-5-15)24(27)28/h4-7,17H,1-3,8-14H2. The third-order valence-corrected chi connectivity index (χ3v) is 5.93. The average Bonchev–Trinajstić information content (AvgIpc) is 3.28. The Labute approximate surface area is 163 Å². The third-order valence-electron chi connectivity index (χ3n) is 5.93. The largest absolute Gasteiger partial charge is 0.369 e. The van der Waals surface area contributed by atoms with Gasteiger partial charge in [0.1, 0.15) is 6.04 Å². The zero-order chi connectivity index (χ0) is 19.7. The van der Waals surface area contributed by atoms with Crippen LogP contribution in [0.2, 0.25) is 0 Å². The molecule has 1 aromatic carbocycles. The molecule has 3 aliphatic heterocycles. The summed E-state index contributed by atoms with van der Waals surface area (Å²) >= 11 is 0. The average molecular weight is 387 g/mol. The first-order valence-electron chi connectivity index (χ1n) is 9.88. The molecule has 1 atom stereocenters. The van der Waals surface area contributed by atoms with Crippen molar-refractivity contribution in [3.05, 3.63) is 34.4 Å². The van der Waals surface area contributed by atoms with Gasteiger partial charge in [0.15, 0.2) is 0 Å². The van der Waals surface area contributed by atoms with Crippen LogP contribution in [0.1, 0.15) is 19.3 Å². The molecule has 0 N–H and O–H groups in total. The zero-order valence-corrected chi connectivity index (χ0v) is 15.8. The second-order valence-corrected chi connectivity index (χ2v) is 7.58. The highest BCUT2D eigenvalue weighted by Gasteiger charge is 2.46. The number of amides is 3. The van der Waals surface area contributed by atoms with Crippen molar-refractivity contribution in [2.75, 3.05) is 50.7 Å². The molecule has 3 amide bonds. The lowest BCUT2D eigenvalue weighted by Crippen LogP contribution is -2.47. The van der Waals surface area contributed by atoms with Gasteiger partial charge in [-0.05, 0) is 37.9 Å². The smallest absolute Gasteiger partial charge is 0.327 e. The van der Waals surface area contributed by atoms with Crippen molar-refractivity contribution < 1.29 is 14.5 Å². The fourth-order valence-corrected chi connectivity index (χ4v) is 4.35. The van der Waals surface area contributed by atoms with Crippen LogP contribution in [0.25, 0.3) is 0 Å². The van der Waals surface area contributed by atoms with E-state index in [0.717, 1.165) is 57.7 Å². The predicted molar refractivity (Wildman–Crippen MR) is 103 cm³/mol. The minimum atomic E-state index is -0.387. The molecule has 0 aromatic heterocycles. The van der Waals surface area contributed by atoms with Gasteiger partial charge in [-0.3, -0.25) is 24.7 Å². The summed E-state index contributed by atoms with van der Waals surface area (Å²) in [4.78, 5) is 42.7. The summed E-state index contributed by atoms with van der Waals surface area (Å²) in [5.74, 6) is -0.0227. The molecule has 1 aromatic rings. The summed E-state index contributed by atoms with van der Waals surface area (Å²) in [5, 5.41) is 10.8. The van der Waals surface area contributed by atoms with Crippen LogP contribution >= 0.6 is 0 Å². The van der Waals surface area contributed by atoms with Gasteiger partial charge >= 0.3 is 6.03 Å². The number of nitro groups is 1. The highest BCUT2D eigenvalue weighted by Crippen LogP contribution is 2.27. The number of non-ortho nitro benzene ring substituents is 1. The second kappa shape index (κ2) is 7.75. The van der Waals surface area contributed by atoms with E-state index >= 15 is 0 Å². The van der Waals surface area contributed by atoms with E-state index in [4.69, 9.17) is 0 Å². The summed E-state index contributed by atoms with van der Waals surface area (Å²) in [6.07, 6.45) is 2.51. The fourth-order valence-electron chi connectivity index (χ4n) is 4.35. The molecule has 9 heteroatoms. The van der Waals surface area contributed by atoms with Gasteiger partial charge in [0.05, 0.1) is 4.92 Å². The lowest BCUT2D eigenvalue weighted by Gasteiger charge is -2.36. The minimum Gasteiger partial charge on any atom is -0.369 e. The maximum absolute atomic E-state index is 12.3. The van der Waals surface area contributed by atoms with Gasteiger partial charge in [-0.1, -0.05) is 0 Å². The van der Waals surface area contributed by atoms with E-state index in [0.29, 0.717) is 13.1 Å². The topological polar surface area (TPSA) is 90.2 Å². The molecule has 3 fully saturated rings. The van der Waals surface area contributed by atoms with Crippen LogP contribution in [0.15, 0.2) is 24.3 Å². The Bertz CT molecular complexity index is 738. The zero-order valence-electron chi connectivity index (χ0n) is 15.8. The molecule has 4 rings (SSSR count). The van der Waals surface area contributed by atoms with Gasteiger partial charge in [-0.15, -0.1) is 0 Å². The molecule has 0 bridgehead atoms. The number of urea groups is 1. The number of carbonyl (C=O) groups is 2. The molecular formula is C19H25N5O4. The van der Waals surface area contributed by atoms with Crippen molar-refractivity contribution >= 4 is 23.3 Å². The summed E-state index contributed by atoms with van der Waals surface area (Å²) in [6, 6.07) is 6.34. The molecule has 9 nitrogen and oxygen atoms in total. The molecule has 0 spiro atoms. The molecule has 3 saturated heterocycles. The molecule has 0 radical (unpaired) electrons. The Balaban J connectivity index is 1.21. The molecule has 1 unspecified atom stereocenters. The van der Waals surface area contributed by atoms with E-state index in [1.807, 2.05) is 0 Å². The van der Waals surface area contributed by atoms with E-state index in [9.17, 15) is 19.7 Å². The summed E-state index contributed by atoms with van der Waals surface area (Å²) in [7, 11) is 0. The highest BCUT2D eigenvalue weighted by molar-refractivity contribution is 6.04. The predicted octanol–water partition coefficient (Wildman–Crippen LogP) is 1.53. The summed E-state index contributed by atoms with van der Waals surface area (Å²) < 4.78 is 0. The Morgan fingerprint density at radius 1 is 1.00 bits per heavy atom. The Hall–Kier alpha value is -2.68. The maximum atomic E-state index is 12.3. The number of anilines is 1. The first-order valence-corrected chi connectivity index (χ1v) is 9.88. The number of rotatable bonds is 6.